The fourth-order valence-electron chi connectivity index (χ4n) is 2.98. The molecule has 0 saturated carbocycles. The van der Waals surface area contributed by atoms with Crippen molar-refractivity contribution < 1.29 is 14.4 Å². The first-order valence-corrected chi connectivity index (χ1v) is 12.0. The molecule has 30 heavy (non-hydrogen) atoms. The fourth-order valence-corrected chi connectivity index (χ4v) is 2.98. The smallest absolute Gasteiger partial charge is 0.242 e. The van der Waals surface area contributed by atoms with E-state index in [1.807, 2.05) is 12.2 Å². The Morgan fingerprint density at radius 2 is 1.37 bits per heavy atom. The van der Waals surface area contributed by atoms with Crippen LogP contribution in [0.5, 0.6) is 0 Å². The van der Waals surface area contributed by atoms with Gasteiger partial charge < -0.3 is 16.0 Å². The molecule has 3 amide bonds. The van der Waals surface area contributed by atoms with Crippen LogP contribution in [0.1, 0.15) is 104 Å². The van der Waals surface area contributed by atoms with Gasteiger partial charge >= 0.3 is 0 Å². The summed E-state index contributed by atoms with van der Waals surface area (Å²) >= 11 is 0. The van der Waals surface area contributed by atoms with Gasteiger partial charge in [-0.05, 0) is 32.1 Å². The summed E-state index contributed by atoms with van der Waals surface area (Å²) in [7, 11) is 0. The minimum Gasteiger partial charge on any atom is -0.356 e. The van der Waals surface area contributed by atoms with Gasteiger partial charge in [0.15, 0.2) is 0 Å². The number of amides is 3. The van der Waals surface area contributed by atoms with Crippen molar-refractivity contribution in [2.24, 2.45) is 0 Å². The maximum atomic E-state index is 12.5. The minimum atomic E-state index is -0.672. The molecule has 6 heteroatoms. The molecule has 0 unspecified atom stereocenters. The van der Waals surface area contributed by atoms with Crippen molar-refractivity contribution in [3.05, 3.63) is 12.2 Å². The molecule has 0 heterocycles. The Labute approximate surface area is 184 Å². The largest absolute Gasteiger partial charge is 0.356 e. The van der Waals surface area contributed by atoms with E-state index >= 15 is 0 Å². The Morgan fingerprint density at radius 1 is 0.733 bits per heavy atom. The Bertz CT molecular complexity index is 492. The van der Waals surface area contributed by atoms with Crippen LogP contribution in [0.15, 0.2) is 12.2 Å². The average molecular weight is 424 g/mol. The van der Waals surface area contributed by atoms with Crippen molar-refractivity contribution in [3.63, 3.8) is 0 Å². The van der Waals surface area contributed by atoms with Crippen LogP contribution in [0.2, 0.25) is 0 Å². The topological polar surface area (TPSA) is 87.3 Å². The highest BCUT2D eigenvalue weighted by molar-refractivity contribution is 5.88. The van der Waals surface area contributed by atoms with Crippen LogP contribution in [0.25, 0.3) is 0 Å². The summed E-state index contributed by atoms with van der Waals surface area (Å²) in [6.07, 6.45) is 15.7. The standard InChI is InChI=1S/C24H45N3O3/c1-4-7-10-11-12-13-14-15-16-23(29)27-21(24(30)26-20-9-6-3)17-18-22(28)25-19-8-5-2/h14-15,21H,4-13,16-20H2,1-3H3,(H,25,28)(H,26,30)(H,27,29)/b15-14+/t21-/m0/s1. The third-order valence-corrected chi connectivity index (χ3v) is 4.94. The summed E-state index contributed by atoms with van der Waals surface area (Å²) in [5, 5.41) is 8.52. The first-order valence-electron chi connectivity index (χ1n) is 12.0. The maximum Gasteiger partial charge on any atom is 0.242 e. The number of carbonyl (C=O) groups is 3. The summed E-state index contributed by atoms with van der Waals surface area (Å²) in [6, 6.07) is -0.672. The Morgan fingerprint density at radius 3 is 2.03 bits per heavy atom. The minimum absolute atomic E-state index is 0.0768. The molecule has 0 saturated heterocycles. The first kappa shape index (κ1) is 28.1. The molecule has 0 aromatic rings. The second-order valence-corrected chi connectivity index (χ2v) is 7.89. The lowest BCUT2D eigenvalue weighted by atomic mass is 10.1. The Balaban J connectivity index is 4.40. The van der Waals surface area contributed by atoms with Crippen molar-refractivity contribution in [1.82, 2.24) is 16.0 Å². The Kier molecular flexibility index (Phi) is 19.2. The maximum absolute atomic E-state index is 12.5. The van der Waals surface area contributed by atoms with Crippen molar-refractivity contribution in [2.45, 2.75) is 110 Å². The van der Waals surface area contributed by atoms with Crippen LogP contribution in [0.4, 0.5) is 0 Å². The van der Waals surface area contributed by atoms with E-state index in [2.05, 4.69) is 36.7 Å². The highest BCUT2D eigenvalue weighted by atomic mass is 16.2. The third-order valence-electron chi connectivity index (χ3n) is 4.94. The van der Waals surface area contributed by atoms with E-state index in [1.54, 1.807) is 0 Å². The van der Waals surface area contributed by atoms with E-state index in [4.69, 9.17) is 0 Å². The summed E-state index contributed by atoms with van der Waals surface area (Å²) in [5.41, 5.74) is 0. The monoisotopic (exact) mass is 423 g/mol. The predicted octanol–water partition coefficient (Wildman–Crippen LogP) is 4.39. The van der Waals surface area contributed by atoms with Gasteiger partial charge in [0.05, 0.1) is 0 Å². The molecule has 3 N–H and O–H groups in total. The number of allylic oxidation sites excluding steroid dienone is 1. The van der Waals surface area contributed by atoms with Gasteiger partial charge in [-0.1, -0.05) is 71.4 Å². The summed E-state index contributed by atoms with van der Waals surface area (Å²) in [5.74, 6) is -0.468. The number of hydrogen-bond acceptors (Lipinski definition) is 3. The van der Waals surface area contributed by atoms with E-state index < -0.39 is 6.04 Å². The predicted molar refractivity (Wildman–Crippen MR) is 124 cm³/mol. The third kappa shape index (κ3) is 17.0. The van der Waals surface area contributed by atoms with Crippen LogP contribution >= 0.6 is 0 Å². The quantitative estimate of drug-likeness (QED) is 0.213. The molecular weight excluding hydrogens is 378 g/mol. The van der Waals surface area contributed by atoms with Gasteiger partial charge in [0.25, 0.3) is 0 Å². The summed E-state index contributed by atoms with van der Waals surface area (Å²) < 4.78 is 0. The van der Waals surface area contributed by atoms with E-state index in [0.717, 1.165) is 38.5 Å². The molecule has 0 aliphatic heterocycles. The molecule has 0 aliphatic rings. The Hall–Kier alpha value is -1.85. The zero-order chi connectivity index (χ0) is 22.5. The molecular formula is C24H45N3O3. The molecule has 0 bridgehead atoms. The molecule has 1 atom stereocenters. The van der Waals surface area contributed by atoms with Gasteiger partial charge in [-0.15, -0.1) is 0 Å². The number of hydrogen-bond donors (Lipinski definition) is 3. The highest BCUT2D eigenvalue weighted by Gasteiger charge is 2.21. The van der Waals surface area contributed by atoms with Gasteiger partial charge in [-0.2, -0.15) is 0 Å². The zero-order valence-corrected chi connectivity index (χ0v) is 19.6. The lowest BCUT2D eigenvalue weighted by molar-refractivity contribution is -0.129. The van der Waals surface area contributed by atoms with Gasteiger partial charge in [0.1, 0.15) is 6.04 Å². The first-order chi connectivity index (χ1) is 14.5. The van der Waals surface area contributed by atoms with E-state index in [1.165, 1.54) is 25.7 Å². The van der Waals surface area contributed by atoms with Crippen molar-refractivity contribution >= 4 is 17.7 Å². The normalized spacial score (nSPS) is 12.0. The summed E-state index contributed by atoms with van der Waals surface area (Å²) in [6.45, 7) is 7.57. The van der Waals surface area contributed by atoms with Gasteiger partial charge in [0.2, 0.25) is 17.7 Å². The van der Waals surface area contributed by atoms with E-state index in [9.17, 15) is 14.4 Å². The number of nitrogens with one attached hydrogen (secondary N) is 3. The van der Waals surface area contributed by atoms with Gasteiger partial charge in [0, 0.05) is 25.9 Å². The molecule has 0 rings (SSSR count). The molecule has 0 aliphatic carbocycles. The second-order valence-electron chi connectivity index (χ2n) is 7.89. The molecule has 174 valence electrons. The van der Waals surface area contributed by atoms with Crippen LogP contribution in [0.3, 0.4) is 0 Å². The molecule has 0 radical (unpaired) electrons. The number of carbonyl (C=O) groups excluding carboxylic acids is 3. The van der Waals surface area contributed by atoms with Gasteiger partial charge in [-0.25, -0.2) is 0 Å². The van der Waals surface area contributed by atoms with Crippen molar-refractivity contribution in [2.75, 3.05) is 13.1 Å². The SMILES string of the molecule is CCCCCCC/C=C/CC(=O)N[C@@H](CCC(=O)NCCCC)C(=O)NCCCC. The summed E-state index contributed by atoms with van der Waals surface area (Å²) in [4.78, 5) is 36.7. The van der Waals surface area contributed by atoms with E-state index in [-0.39, 0.29) is 30.6 Å². The lowest BCUT2D eigenvalue weighted by Crippen LogP contribution is -2.47. The molecule has 0 aromatic carbocycles. The van der Waals surface area contributed by atoms with Crippen LogP contribution in [-0.2, 0) is 14.4 Å². The number of unbranched alkanes of at least 4 members (excludes halogenated alkanes) is 7. The van der Waals surface area contributed by atoms with Crippen LogP contribution in [0, 0.1) is 0 Å². The van der Waals surface area contributed by atoms with Crippen molar-refractivity contribution in [3.8, 4) is 0 Å². The van der Waals surface area contributed by atoms with Crippen LogP contribution in [-0.4, -0.2) is 36.9 Å². The molecule has 0 spiro atoms. The lowest BCUT2D eigenvalue weighted by Gasteiger charge is -2.18. The van der Waals surface area contributed by atoms with Crippen LogP contribution < -0.4 is 16.0 Å². The van der Waals surface area contributed by atoms with Gasteiger partial charge in [-0.3, -0.25) is 14.4 Å². The van der Waals surface area contributed by atoms with E-state index in [0.29, 0.717) is 19.5 Å². The number of rotatable bonds is 19. The second kappa shape index (κ2) is 20.4. The molecule has 0 aromatic heterocycles. The van der Waals surface area contributed by atoms with Crippen molar-refractivity contribution in [1.29, 1.82) is 0 Å². The zero-order valence-electron chi connectivity index (χ0n) is 19.6. The fraction of sp³-hybridized carbons (Fsp3) is 0.792. The highest BCUT2D eigenvalue weighted by Crippen LogP contribution is 2.06. The molecule has 6 nitrogen and oxygen atoms in total. The molecule has 0 fully saturated rings. The average Bonchev–Trinajstić information content (AvgIpc) is 2.73.